The first-order valence-corrected chi connectivity index (χ1v) is 5.78. The van der Waals surface area contributed by atoms with Gasteiger partial charge in [0.15, 0.2) is 5.78 Å². The van der Waals surface area contributed by atoms with Crippen LogP contribution in [0.15, 0.2) is 23.3 Å². The van der Waals surface area contributed by atoms with Gasteiger partial charge in [0.2, 0.25) is 0 Å². The predicted molar refractivity (Wildman–Crippen MR) is 64.7 cm³/mol. The maximum Gasteiger partial charge on any atom is 0.181 e. The Kier molecular flexibility index (Phi) is 3.54. The zero-order chi connectivity index (χ0) is 11.6. The van der Waals surface area contributed by atoms with Crippen molar-refractivity contribution in [1.82, 2.24) is 0 Å². The van der Waals surface area contributed by atoms with E-state index in [1.165, 1.54) is 12.0 Å². The van der Waals surface area contributed by atoms with Crippen molar-refractivity contribution in [2.24, 2.45) is 11.3 Å². The molecule has 0 aliphatic heterocycles. The lowest BCUT2D eigenvalue weighted by Gasteiger charge is -2.39. The molecule has 1 atom stereocenters. The Morgan fingerprint density at radius 1 is 1.47 bits per heavy atom. The number of carbonyl (C=O) groups is 1. The molecule has 0 bridgehead atoms. The molecule has 1 unspecified atom stereocenters. The van der Waals surface area contributed by atoms with Crippen molar-refractivity contribution in [2.45, 2.75) is 47.5 Å². The van der Waals surface area contributed by atoms with E-state index >= 15 is 0 Å². The van der Waals surface area contributed by atoms with Crippen molar-refractivity contribution >= 4 is 5.78 Å². The maximum absolute atomic E-state index is 12.0. The zero-order valence-corrected chi connectivity index (χ0v) is 10.6. The van der Waals surface area contributed by atoms with Crippen LogP contribution in [-0.4, -0.2) is 5.78 Å². The fourth-order valence-electron chi connectivity index (χ4n) is 2.48. The molecule has 1 rings (SSSR count). The van der Waals surface area contributed by atoms with Gasteiger partial charge in [0.1, 0.15) is 0 Å². The minimum absolute atomic E-state index is 0.0267. The molecule has 0 saturated heterocycles. The summed E-state index contributed by atoms with van der Waals surface area (Å²) in [5.74, 6) is 0.789. The van der Waals surface area contributed by atoms with E-state index in [1.807, 2.05) is 13.0 Å². The average molecular weight is 206 g/mol. The summed E-state index contributed by atoms with van der Waals surface area (Å²) in [6, 6.07) is 0. The minimum Gasteiger partial charge on any atom is -0.290 e. The fraction of sp³-hybridized carbons (Fsp3) is 0.643. The van der Waals surface area contributed by atoms with E-state index in [9.17, 15) is 4.79 Å². The largest absolute Gasteiger partial charge is 0.290 e. The van der Waals surface area contributed by atoms with Gasteiger partial charge >= 0.3 is 0 Å². The van der Waals surface area contributed by atoms with Crippen LogP contribution < -0.4 is 0 Å². The van der Waals surface area contributed by atoms with Crippen LogP contribution in [-0.2, 0) is 4.79 Å². The van der Waals surface area contributed by atoms with Crippen molar-refractivity contribution in [3.8, 4) is 0 Å². The van der Waals surface area contributed by atoms with Crippen LogP contribution >= 0.6 is 0 Å². The van der Waals surface area contributed by atoms with Gasteiger partial charge in [-0.3, -0.25) is 4.79 Å². The van der Waals surface area contributed by atoms with Gasteiger partial charge in [-0.2, -0.15) is 0 Å². The molecule has 0 aromatic carbocycles. The van der Waals surface area contributed by atoms with E-state index in [0.717, 1.165) is 12.0 Å². The van der Waals surface area contributed by atoms with E-state index in [2.05, 4.69) is 27.7 Å². The molecule has 1 heteroatoms. The number of allylic oxidation sites excluding steroid dienone is 4. The van der Waals surface area contributed by atoms with E-state index < -0.39 is 0 Å². The Morgan fingerprint density at radius 3 is 2.60 bits per heavy atom. The summed E-state index contributed by atoms with van der Waals surface area (Å²) in [5, 5.41) is 0. The molecule has 15 heavy (non-hydrogen) atoms. The average Bonchev–Trinajstić information content (AvgIpc) is 2.12. The number of rotatable bonds is 2. The smallest absolute Gasteiger partial charge is 0.181 e. The molecule has 0 saturated carbocycles. The van der Waals surface area contributed by atoms with E-state index in [1.54, 1.807) is 6.08 Å². The lowest BCUT2D eigenvalue weighted by atomic mass is 9.65. The highest BCUT2D eigenvalue weighted by Gasteiger charge is 2.37. The van der Waals surface area contributed by atoms with Gasteiger partial charge in [0, 0.05) is 5.57 Å². The lowest BCUT2D eigenvalue weighted by Crippen LogP contribution is -2.32. The SMILES string of the molecule is C/C=C\C(=O)C1=C(C)CCC(C)C1(C)C. The van der Waals surface area contributed by atoms with Gasteiger partial charge in [-0.25, -0.2) is 0 Å². The first-order chi connectivity index (χ1) is 6.91. The van der Waals surface area contributed by atoms with Crippen LogP contribution in [0.1, 0.15) is 47.5 Å². The van der Waals surface area contributed by atoms with Gasteiger partial charge in [0.25, 0.3) is 0 Å². The van der Waals surface area contributed by atoms with Crippen molar-refractivity contribution in [1.29, 1.82) is 0 Å². The lowest BCUT2D eigenvalue weighted by molar-refractivity contribution is -0.112. The van der Waals surface area contributed by atoms with Crippen molar-refractivity contribution in [3.63, 3.8) is 0 Å². The van der Waals surface area contributed by atoms with Crippen molar-refractivity contribution in [2.75, 3.05) is 0 Å². The third-order valence-corrected chi connectivity index (χ3v) is 3.82. The molecule has 0 spiro atoms. The highest BCUT2D eigenvalue weighted by Crippen LogP contribution is 2.44. The second-order valence-corrected chi connectivity index (χ2v) is 5.18. The Morgan fingerprint density at radius 2 is 2.07 bits per heavy atom. The van der Waals surface area contributed by atoms with Gasteiger partial charge in [-0.15, -0.1) is 0 Å². The monoisotopic (exact) mass is 206 g/mol. The summed E-state index contributed by atoms with van der Waals surface area (Å²) in [6.07, 6.45) is 5.80. The first kappa shape index (κ1) is 12.2. The minimum atomic E-state index is 0.0267. The third kappa shape index (κ3) is 2.22. The standard InChI is InChI=1S/C14H22O/c1-6-7-12(15)13-10(2)8-9-11(3)14(13,4)5/h6-7,11H,8-9H2,1-5H3/b7-6-. The number of hydrogen-bond acceptors (Lipinski definition) is 1. The summed E-state index contributed by atoms with van der Waals surface area (Å²) in [7, 11) is 0. The summed E-state index contributed by atoms with van der Waals surface area (Å²) in [4.78, 5) is 12.0. The molecular formula is C14H22O. The van der Waals surface area contributed by atoms with Crippen LogP contribution in [0.5, 0.6) is 0 Å². The summed E-state index contributed by atoms with van der Waals surface area (Å²) in [5.41, 5.74) is 2.35. The summed E-state index contributed by atoms with van der Waals surface area (Å²) in [6.45, 7) is 10.6. The Balaban J connectivity index is 3.16. The van der Waals surface area contributed by atoms with Gasteiger partial charge < -0.3 is 0 Å². The molecule has 84 valence electrons. The molecule has 0 aromatic rings. The molecule has 1 aliphatic carbocycles. The van der Waals surface area contributed by atoms with Crippen LogP contribution in [0.2, 0.25) is 0 Å². The molecule has 0 aromatic heterocycles. The quantitative estimate of drug-likeness (QED) is 0.626. The Bertz CT molecular complexity index is 318. The molecule has 1 aliphatic rings. The summed E-state index contributed by atoms with van der Waals surface area (Å²) < 4.78 is 0. The number of carbonyl (C=O) groups excluding carboxylic acids is 1. The number of hydrogen-bond donors (Lipinski definition) is 0. The fourth-order valence-corrected chi connectivity index (χ4v) is 2.48. The molecule has 0 N–H and O–H groups in total. The van der Waals surface area contributed by atoms with Crippen LogP contribution in [0.25, 0.3) is 0 Å². The van der Waals surface area contributed by atoms with Crippen molar-refractivity contribution in [3.05, 3.63) is 23.3 Å². The molecule has 0 heterocycles. The first-order valence-electron chi connectivity index (χ1n) is 5.78. The molecular weight excluding hydrogens is 184 g/mol. The molecule has 0 fully saturated rings. The maximum atomic E-state index is 12.0. The van der Waals surface area contributed by atoms with Crippen LogP contribution in [0.3, 0.4) is 0 Å². The van der Waals surface area contributed by atoms with Crippen LogP contribution in [0.4, 0.5) is 0 Å². The van der Waals surface area contributed by atoms with E-state index in [4.69, 9.17) is 0 Å². The highest BCUT2D eigenvalue weighted by molar-refractivity contribution is 6.05. The van der Waals surface area contributed by atoms with Crippen molar-refractivity contribution < 1.29 is 4.79 Å². The Labute approximate surface area is 93.3 Å². The highest BCUT2D eigenvalue weighted by atomic mass is 16.1. The van der Waals surface area contributed by atoms with E-state index in [0.29, 0.717) is 5.92 Å². The van der Waals surface area contributed by atoms with Crippen LogP contribution in [0, 0.1) is 11.3 Å². The molecule has 0 radical (unpaired) electrons. The third-order valence-electron chi connectivity index (χ3n) is 3.82. The normalized spacial score (nSPS) is 26.1. The predicted octanol–water partition coefficient (Wildman–Crippen LogP) is 3.90. The van der Waals surface area contributed by atoms with Gasteiger partial charge in [-0.05, 0) is 44.1 Å². The summed E-state index contributed by atoms with van der Waals surface area (Å²) >= 11 is 0. The van der Waals surface area contributed by atoms with Gasteiger partial charge in [-0.1, -0.05) is 32.4 Å². The molecule has 1 nitrogen and oxygen atoms in total. The topological polar surface area (TPSA) is 17.1 Å². The zero-order valence-electron chi connectivity index (χ0n) is 10.6. The second kappa shape index (κ2) is 4.34. The van der Waals surface area contributed by atoms with Gasteiger partial charge in [0.05, 0.1) is 0 Å². The number of ketones is 1. The Hall–Kier alpha value is -0.850. The van der Waals surface area contributed by atoms with E-state index in [-0.39, 0.29) is 11.2 Å². The second-order valence-electron chi connectivity index (χ2n) is 5.18. The molecule has 0 amide bonds.